The van der Waals surface area contributed by atoms with Crippen molar-refractivity contribution in [1.82, 2.24) is 5.32 Å². The second-order valence-corrected chi connectivity index (χ2v) is 4.98. The molecule has 0 aliphatic rings. The van der Waals surface area contributed by atoms with E-state index in [4.69, 9.17) is 4.42 Å². The van der Waals surface area contributed by atoms with Crippen molar-refractivity contribution in [2.24, 2.45) is 0 Å². The Labute approximate surface area is 139 Å². The molecule has 0 spiro atoms. The molecule has 0 fully saturated rings. The Bertz CT molecular complexity index is 756. The van der Waals surface area contributed by atoms with E-state index in [0.29, 0.717) is 24.4 Å². The number of furan rings is 1. The molecule has 0 saturated heterocycles. The molecule has 1 aromatic heterocycles. The third-order valence-electron chi connectivity index (χ3n) is 3.34. The molecule has 0 atom stereocenters. The van der Waals surface area contributed by atoms with Crippen LogP contribution in [0.1, 0.15) is 11.3 Å². The van der Waals surface area contributed by atoms with E-state index in [0.717, 1.165) is 11.3 Å². The van der Waals surface area contributed by atoms with Gasteiger partial charge in [-0.3, -0.25) is 0 Å². The molecule has 0 amide bonds. The quantitative estimate of drug-likeness (QED) is 0.714. The summed E-state index contributed by atoms with van der Waals surface area (Å²) in [5, 5.41) is 3.21. The third-order valence-corrected chi connectivity index (χ3v) is 3.34. The maximum absolute atomic E-state index is 13.7. The van der Waals surface area contributed by atoms with Crippen LogP contribution in [0.15, 0.2) is 65.1 Å². The maximum atomic E-state index is 13.7. The van der Waals surface area contributed by atoms with Crippen molar-refractivity contribution in [2.45, 2.75) is 13.1 Å². The summed E-state index contributed by atoms with van der Waals surface area (Å²) >= 11 is 0. The lowest BCUT2D eigenvalue weighted by molar-refractivity contribution is 0.490. The van der Waals surface area contributed by atoms with E-state index in [1.165, 1.54) is 18.2 Å². The van der Waals surface area contributed by atoms with Gasteiger partial charge in [0, 0.05) is 6.54 Å². The Kier molecular flexibility index (Phi) is 5.90. The molecule has 1 heterocycles. The molecule has 0 bridgehead atoms. The van der Waals surface area contributed by atoms with Crippen LogP contribution < -0.4 is 5.32 Å². The summed E-state index contributed by atoms with van der Waals surface area (Å²) in [6.07, 6.45) is 0. The minimum Gasteiger partial charge on any atom is -0.460 e. The fourth-order valence-electron chi connectivity index (χ4n) is 2.21. The average molecular weight is 336 g/mol. The fourth-order valence-corrected chi connectivity index (χ4v) is 2.21. The predicted octanol–water partition coefficient (Wildman–Crippen LogP) is 4.94. The molecule has 2 aromatic carbocycles. The van der Waals surface area contributed by atoms with Crippen molar-refractivity contribution in [2.75, 3.05) is 0 Å². The van der Waals surface area contributed by atoms with Crippen LogP contribution in [0.5, 0.6) is 0 Å². The number of nitrogens with one attached hydrogen (secondary N) is 1. The first-order chi connectivity index (χ1) is 10.7. The van der Waals surface area contributed by atoms with Gasteiger partial charge in [-0.2, -0.15) is 0 Å². The zero-order valence-electron chi connectivity index (χ0n) is 12.3. The number of rotatable bonds is 5. The van der Waals surface area contributed by atoms with Gasteiger partial charge >= 0.3 is 0 Å². The van der Waals surface area contributed by atoms with Crippen molar-refractivity contribution >= 4 is 12.4 Å². The minimum atomic E-state index is -0.303. The highest BCUT2D eigenvalue weighted by Gasteiger charge is 2.08. The Balaban J connectivity index is 0.00000192. The molecule has 0 saturated carbocycles. The van der Waals surface area contributed by atoms with Crippen LogP contribution in [0, 0.1) is 11.6 Å². The molecular formula is C18H16ClF2NO. The third kappa shape index (κ3) is 4.41. The van der Waals surface area contributed by atoms with Crippen LogP contribution >= 0.6 is 12.4 Å². The van der Waals surface area contributed by atoms with Crippen LogP contribution in [0.2, 0.25) is 0 Å². The van der Waals surface area contributed by atoms with Gasteiger partial charge in [0.05, 0.1) is 12.1 Å². The van der Waals surface area contributed by atoms with Crippen LogP contribution in [0.3, 0.4) is 0 Å². The van der Waals surface area contributed by atoms with Gasteiger partial charge in [-0.05, 0) is 42.0 Å². The van der Waals surface area contributed by atoms with Gasteiger partial charge in [-0.15, -0.1) is 12.4 Å². The van der Waals surface area contributed by atoms with Gasteiger partial charge in [0.15, 0.2) is 0 Å². The van der Waals surface area contributed by atoms with E-state index in [-0.39, 0.29) is 24.0 Å². The molecule has 23 heavy (non-hydrogen) atoms. The van der Waals surface area contributed by atoms with Crippen molar-refractivity contribution in [1.29, 1.82) is 0 Å². The van der Waals surface area contributed by atoms with Crippen LogP contribution in [0.4, 0.5) is 8.78 Å². The first-order valence-corrected chi connectivity index (χ1v) is 7.01. The van der Waals surface area contributed by atoms with Crippen molar-refractivity contribution in [3.8, 4) is 11.3 Å². The van der Waals surface area contributed by atoms with Crippen LogP contribution in [0.25, 0.3) is 11.3 Å². The van der Waals surface area contributed by atoms with Crippen molar-refractivity contribution < 1.29 is 13.2 Å². The van der Waals surface area contributed by atoms with E-state index in [9.17, 15) is 8.78 Å². The summed E-state index contributed by atoms with van der Waals surface area (Å²) < 4.78 is 32.1. The zero-order valence-corrected chi connectivity index (χ0v) is 13.1. The second kappa shape index (κ2) is 7.90. The Morgan fingerprint density at radius 1 is 0.826 bits per heavy atom. The molecule has 3 aromatic rings. The highest BCUT2D eigenvalue weighted by molar-refractivity contribution is 5.85. The lowest BCUT2D eigenvalue weighted by atomic mass is 10.1. The topological polar surface area (TPSA) is 25.2 Å². The normalized spacial score (nSPS) is 10.3. The molecule has 0 unspecified atom stereocenters. The first-order valence-electron chi connectivity index (χ1n) is 7.01. The lowest BCUT2D eigenvalue weighted by Gasteiger charge is -2.03. The van der Waals surface area contributed by atoms with Crippen LogP contribution in [-0.4, -0.2) is 0 Å². The summed E-state index contributed by atoms with van der Waals surface area (Å²) in [6.45, 7) is 1.13. The number of hydrogen-bond acceptors (Lipinski definition) is 2. The van der Waals surface area contributed by atoms with Gasteiger partial charge in [0.2, 0.25) is 0 Å². The number of halogens is 3. The predicted molar refractivity (Wildman–Crippen MR) is 88.3 cm³/mol. The van der Waals surface area contributed by atoms with Crippen LogP contribution in [-0.2, 0) is 13.1 Å². The smallest absolute Gasteiger partial charge is 0.137 e. The Morgan fingerprint density at radius 2 is 1.57 bits per heavy atom. The van der Waals surface area contributed by atoms with E-state index in [2.05, 4.69) is 5.32 Å². The van der Waals surface area contributed by atoms with Gasteiger partial charge in [0.1, 0.15) is 23.2 Å². The minimum absolute atomic E-state index is 0. The maximum Gasteiger partial charge on any atom is 0.137 e. The monoisotopic (exact) mass is 335 g/mol. The summed E-state index contributed by atoms with van der Waals surface area (Å²) in [5.41, 5.74) is 1.44. The highest BCUT2D eigenvalue weighted by atomic mass is 35.5. The van der Waals surface area contributed by atoms with E-state index >= 15 is 0 Å². The Morgan fingerprint density at radius 3 is 2.30 bits per heavy atom. The zero-order chi connectivity index (χ0) is 15.4. The van der Waals surface area contributed by atoms with E-state index in [1.807, 2.05) is 6.07 Å². The number of hydrogen-bond donors (Lipinski definition) is 1. The average Bonchev–Trinajstić information content (AvgIpc) is 2.98. The Hall–Kier alpha value is -2.17. The molecule has 120 valence electrons. The van der Waals surface area contributed by atoms with Gasteiger partial charge < -0.3 is 9.73 Å². The molecule has 1 N–H and O–H groups in total. The summed E-state index contributed by atoms with van der Waals surface area (Å²) in [4.78, 5) is 0. The van der Waals surface area contributed by atoms with E-state index < -0.39 is 0 Å². The van der Waals surface area contributed by atoms with E-state index in [1.54, 1.807) is 36.4 Å². The van der Waals surface area contributed by atoms with Gasteiger partial charge in [0.25, 0.3) is 0 Å². The first kappa shape index (κ1) is 17.2. The van der Waals surface area contributed by atoms with Gasteiger partial charge in [-0.1, -0.05) is 24.3 Å². The summed E-state index contributed by atoms with van der Waals surface area (Å²) in [5.74, 6) is 0.684. The van der Waals surface area contributed by atoms with Crippen molar-refractivity contribution in [3.63, 3.8) is 0 Å². The lowest BCUT2D eigenvalue weighted by Crippen LogP contribution is -2.11. The van der Waals surface area contributed by atoms with Gasteiger partial charge in [-0.25, -0.2) is 8.78 Å². The standard InChI is InChI=1S/C18H15F2NO.ClH/c19-14-7-5-13(6-8-14)11-21-12-15-9-10-18(22-15)16-3-1-2-4-17(16)20;/h1-10,21H,11-12H2;1H. The largest absolute Gasteiger partial charge is 0.460 e. The summed E-state index contributed by atoms with van der Waals surface area (Å²) in [7, 11) is 0. The van der Waals surface area contributed by atoms with Crippen molar-refractivity contribution in [3.05, 3.63) is 83.6 Å². The second-order valence-electron chi connectivity index (χ2n) is 4.98. The fraction of sp³-hybridized carbons (Fsp3) is 0.111. The molecular weight excluding hydrogens is 320 g/mol. The highest BCUT2D eigenvalue weighted by Crippen LogP contribution is 2.24. The molecule has 2 nitrogen and oxygen atoms in total. The molecule has 5 heteroatoms. The molecule has 3 rings (SSSR count). The SMILES string of the molecule is Cl.Fc1ccc(CNCc2ccc(-c3ccccc3F)o2)cc1. The molecule has 0 radical (unpaired) electrons. The molecule has 0 aliphatic carbocycles. The number of benzene rings is 2. The summed E-state index contributed by atoms with van der Waals surface area (Å²) in [6, 6.07) is 16.4. The molecule has 0 aliphatic heterocycles.